The van der Waals surface area contributed by atoms with E-state index in [9.17, 15) is 4.79 Å². The molecule has 0 aliphatic heterocycles. The highest BCUT2D eigenvalue weighted by atomic mass is 16.3. The van der Waals surface area contributed by atoms with Gasteiger partial charge in [-0.05, 0) is 44.7 Å². The average Bonchev–Trinajstić information content (AvgIpc) is 2.39. The summed E-state index contributed by atoms with van der Waals surface area (Å²) in [4.78, 5) is 18.9. The summed E-state index contributed by atoms with van der Waals surface area (Å²) in [6.07, 6.45) is 3.95. The fraction of sp³-hybridized carbons (Fsp3) is 0.600. The first-order chi connectivity index (χ1) is 9.65. The van der Waals surface area contributed by atoms with Gasteiger partial charge in [0.2, 0.25) is 0 Å². The molecule has 1 heterocycles. The Bertz CT molecular complexity index is 472. The highest BCUT2D eigenvalue weighted by Gasteiger charge is 2.29. The van der Waals surface area contributed by atoms with Gasteiger partial charge in [-0.15, -0.1) is 0 Å². The standard InChI is InChI=1S/C15H23N3O2/c1-11-9-12(10-14(16-2)17-11)15(20)18(7-4-8-19)13-5-3-6-13/h9-10,13,19H,3-8H2,1-2H3,(H,16,17). The van der Waals surface area contributed by atoms with Crippen molar-refractivity contribution in [2.24, 2.45) is 0 Å². The van der Waals surface area contributed by atoms with E-state index in [0.717, 1.165) is 18.5 Å². The normalized spacial score (nSPS) is 14.8. The maximum atomic E-state index is 12.7. The molecule has 1 aromatic rings. The zero-order valence-corrected chi connectivity index (χ0v) is 12.2. The summed E-state index contributed by atoms with van der Waals surface area (Å²) in [7, 11) is 1.80. The second kappa shape index (κ2) is 6.70. The third kappa shape index (κ3) is 3.28. The molecule has 1 aromatic heterocycles. The molecule has 0 aromatic carbocycles. The topological polar surface area (TPSA) is 65.5 Å². The van der Waals surface area contributed by atoms with Crippen molar-refractivity contribution in [3.05, 3.63) is 23.4 Å². The first-order valence-electron chi connectivity index (χ1n) is 7.24. The van der Waals surface area contributed by atoms with Gasteiger partial charge in [0, 0.05) is 37.5 Å². The van der Waals surface area contributed by atoms with Gasteiger partial charge in [0.1, 0.15) is 5.82 Å². The Hall–Kier alpha value is -1.62. The summed E-state index contributed by atoms with van der Waals surface area (Å²) < 4.78 is 0. The molecule has 0 spiro atoms. The quantitative estimate of drug-likeness (QED) is 0.832. The van der Waals surface area contributed by atoms with E-state index in [1.807, 2.05) is 17.9 Å². The number of hydrogen-bond donors (Lipinski definition) is 2. The number of aromatic nitrogens is 1. The third-order valence-corrected chi connectivity index (χ3v) is 3.79. The Kier molecular flexibility index (Phi) is 4.95. The molecule has 1 aliphatic rings. The highest BCUT2D eigenvalue weighted by molar-refractivity contribution is 5.95. The van der Waals surface area contributed by atoms with E-state index in [2.05, 4.69) is 10.3 Å². The number of carbonyl (C=O) groups excluding carboxylic acids is 1. The summed E-state index contributed by atoms with van der Waals surface area (Å²) in [6.45, 7) is 2.63. The number of carbonyl (C=O) groups is 1. The van der Waals surface area contributed by atoms with Gasteiger partial charge in [-0.1, -0.05) is 0 Å². The molecule has 2 rings (SSSR count). The Morgan fingerprint density at radius 1 is 1.50 bits per heavy atom. The molecule has 0 atom stereocenters. The van der Waals surface area contributed by atoms with Crippen LogP contribution < -0.4 is 5.32 Å². The van der Waals surface area contributed by atoms with Crippen LogP contribution >= 0.6 is 0 Å². The maximum absolute atomic E-state index is 12.7. The summed E-state index contributed by atoms with van der Waals surface area (Å²) >= 11 is 0. The van der Waals surface area contributed by atoms with Crippen molar-refractivity contribution in [1.82, 2.24) is 9.88 Å². The molecule has 5 nitrogen and oxygen atoms in total. The zero-order chi connectivity index (χ0) is 14.5. The van der Waals surface area contributed by atoms with E-state index in [4.69, 9.17) is 5.11 Å². The van der Waals surface area contributed by atoms with Crippen LogP contribution in [0.15, 0.2) is 12.1 Å². The molecular weight excluding hydrogens is 254 g/mol. The number of amides is 1. The first-order valence-corrected chi connectivity index (χ1v) is 7.24. The second-order valence-electron chi connectivity index (χ2n) is 5.29. The van der Waals surface area contributed by atoms with Crippen molar-refractivity contribution in [3.8, 4) is 0 Å². The second-order valence-corrected chi connectivity index (χ2v) is 5.29. The minimum absolute atomic E-state index is 0.0464. The largest absolute Gasteiger partial charge is 0.396 e. The Morgan fingerprint density at radius 3 is 2.80 bits per heavy atom. The minimum Gasteiger partial charge on any atom is -0.396 e. The first kappa shape index (κ1) is 14.8. The Labute approximate surface area is 120 Å². The number of pyridine rings is 1. The van der Waals surface area contributed by atoms with E-state index in [-0.39, 0.29) is 12.5 Å². The van der Waals surface area contributed by atoms with Crippen LogP contribution in [-0.2, 0) is 0 Å². The molecule has 5 heteroatoms. The van der Waals surface area contributed by atoms with Crippen LogP contribution in [0.5, 0.6) is 0 Å². The van der Waals surface area contributed by atoms with E-state index in [0.29, 0.717) is 30.4 Å². The summed E-state index contributed by atoms with van der Waals surface area (Å²) in [6, 6.07) is 3.95. The van der Waals surface area contributed by atoms with Crippen molar-refractivity contribution in [2.75, 3.05) is 25.5 Å². The van der Waals surface area contributed by atoms with Gasteiger partial charge < -0.3 is 15.3 Å². The number of anilines is 1. The lowest BCUT2D eigenvalue weighted by molar-refractivity contribution is 0.0562. The molecule has 0 unspecified atom stereocenters. The van der Waals surface area contributed by atoms with Crippen LogP contribution in [-0.4, -0.2) is 47.1 Å². The smallest absolute Gasteiger partial charge is 0.254 e. The van der Waals surface area contributed by atoms with Crippen LogP contribution in [0.2, 0.25) is 0 Å². The maximum Gasteiger partial charge on any atom is 0.254 e. The van der Waals surface area contributed by atoms with Crippen molar-refractivity contribution < 1.29 is 9.90 Å². The van der Waals surface area contributed by atoms with Crippen LogP contribution in [0.4, 0.5) is 5.82 Å². The molecule has 0 bridgehead atoms. The average molecular weight is 277 g/mol. The fourth-order valence-electron chi connectivity index (χ4n) is 2.48. The molecule has 20 heavy (non-hydrogen) atoms. The molecule has 0 saturated heterocycles. The lowest BCUT2D eigenvalue weighted by atomic mass is 9.90. The van der Waals surface area contributed by atoms with E-state index in [1.54, 1.807) is 13.1 Å². The van der Waals surface area contributed by atoms with Gasteiger partial charge in [-0.3, -0.25) is 4.79 Å². The third-order valence-electron chi connectivity index (χ3n) is 3.79. The summed E-state index contributed by atoms with van der Waals surface area (Å²) in [5.41, 5.74) is 1.50. The molecule has 1 aliphatic carbocycles. The van der Waals surface area contributed by atoms with Gasteiger partial charge in [0.25, 0.3) is 5.91 Å². The number of aliphatic hydroxyl groups excluding tert-OH is 1. The summed E-state index contributed by atoms with van der Waals surface area (Å²) in [5, 5.41) is 12.0. The number of aryl methyl sites for hydroxylation is 1. The lowest BCUT2D eigenvalue weighted by Gasteiger charge is -2.37. The monoisotopic (exact) mass is 277 g/mol. The number of nitrogens with one attached hydrogen (secondary N) is 1. The molecule has 1 saturated carbocycles. The number of nitrogens with zero attached hydrogens (tertiary/aromatic N) is 2. The molecule has 0 radical (unpaired) electrons. The molecule has 2 N–H and O–H groups in total. The Balaban J connectivity index is 2.19. The van der Waals surface area contributed by atoms with E-state index in [1.165, 1.54) is 6.42 Å². The van der Waals surface area contributed by atoms with E-state index >= 15 is 0 Å². The van der Waals surface area contributed by atoms with E-state index < -0.39 is 0 Å². The SMILES string of the molecule is CNc1cc(C(=O)N(CCCO)C2CCC2)cc(C)n1. The van der Waals surface area contributed by atoms with Gasteiger partial charge in [0.15, 0.2) is 0 Å². The van der Waals surface area contributed by atoms with Crippen molar-refractivity contribution in [2.45, 2.75) is 38.6 Å². The molecule has 1 fully saturated rings. The molecular formula is C15H23N3O2. The van der Waals surface area contributed by atoms with Crippen molar-refractivity contribution >= 4 is 11.7 Å². The predicted molar refractivity (Wildman–Crippen MR) is 78.9 cm³/mol. The van der Waals surface area contributed by atoms with Crippen LogP contribution in [0.25, 0.3) is 0 Å². The van der Waals surface area contributed by atoms with Crippen LogP contribution in [0, 0.1) is 6.92 Å². The van der Waals surface area contributed by atoms with Gasteiger partial charge in [0.05, 0.1) is 0 Å². The zero-order valence-electron chi connectivity index (χ0n) is 12.2. The molecule has 110 valence electrons. The van der Waals surface area contributed by atoms with Gasteiger partial charge in [-0.2, -0.15) is 0 Å². The number of rotatable bonds is 6. The van der Waals surface area contributed by atoms with Crippen LogP contribution in [0.3, 0.4) is 0 Å². The highest BCUT2D eigenvalue weighted by Crippen LogP contribution is 2.26. The van der Waals surface area contributed by atoms with Crippen molar-refractivity contribution in [1.29, 1.82) is 0 Å². The number of aliphatic hydroxyl groups is 1. The van der Waals surface area contributed by atoms with Gasteiger partial charge in [-0.25, -0.2) is 4.98 Å². The summed E-state index contributed by atoms with van der Waals surface area (Å²) in [5.74, 6) is 0.759. The number of hydrogen-bond acceptors (Lipinski definition) is 4. The Morgan fingerprint density at radius 2 is 2.25 bits per heavy atom. The minimum atomic E-state index is 0.0464. The molecule has 1 amide bonds. The van der Waals surface area contributed by atoms with Crippen molar-refractivity contribution in [3.63, 3.8) is 0 Å². The van der Waals surface area contributed by atoms with Crippen LogP contribution in [0.1, 0.15) is 41.7 Å². The van der Waals surface area contributed by atoms with Gasteiger partial charge >= 0.3 is 0 Å². The lowest BCUT2D eigenvalue weighted by Crippen LogP contribution is -2.45. The fourth-order valence-corrected chi connectivity index (χ4v) is 2.48. The predicted octanol–water partition coefficient (Wildman–Crippen LogP) is 1.81.